The van der Waals surface area contributed by atoms with Gasteiger partial charge < -0.3 is 20.3 Å². The molecule has 6 heteroatoms. The number of nitrogens with zero attached hydrogens (tertiary/aromatic N) is 2. The Balaban J connectivity index is 1.61. The molecule has 0 aliphatic carbocycles. The summed E-state index contributed by atoms with van der Waals surface area (Å²) in [7, 11) is 0. The van der Waals surface area contributed by atoms with Crippen LogP contribution in [0, 0.1) is 0 Å². The highest BCUT2D eigenvalue weighted by Crippen LogP contribution is 2.44. The quantitative estimate of drug-likeness (QED) is 0.226. The van der Waals surface area contributed by atoms with E-state index in [0.717, 1.165) is 43.7 Å². The van der Waals surface area contributed by atoms with Crippen molar-refractivity contribution in [1.82, 2.24) is 9.97 Å². The fourth-order valence-electron chi connectivity index (χ4n) is 4.69. The molecule has 0 aliphatic heterocycles. The van der Waals surface area contributed by atoms with Crippen LogP contribution in [0.25, 0.3) is 66.7 Å². The molecule has 2 heterocycles. The van der Waals surface area contributed by atoms with Crippen molar-refractivity contribution in [3.63, 3.8) is 0 Å². The number of fused-ring (bicyclic) bond motifs is 4. The minimum atomic E-state index is 0.546. The maximum absolute atomic E-state index is 6.21. The van der Waals surface area contributed by atoms with Crippen molar-refractivity contribution >= 4 is 55.1 Å². The SMILES string of the molecule is Nc1ccc2oc(-c3c4ccccc4c(-c4nc5cc(N)ccc5o4)c4ccccc34)nc2c1. The van der Waals surface area contributed by atoms with Crippen LogP contribution in [0.15, 0.2) is 93.8 Å². The summed E-state index contributed by atoms with van der Waals surface area (Å²) in [6, 6.07) is 27.3. The number of hydrogen-bond donors (Lipinski definition) is 2. The van der Waals surface area contributed by atoms with Gasteiger partial charge in [0.1, 0.15) is 11.0 Å². The van der Waals surface area contributed by atoms with Crippen LogP contribution in [-0.4, -0.2) is 9.97 Å². The van der Waals surface area contributed by atoms with E-state index in [9.17, 15) is 0 Å². The first-order valence-corrected chi connectivity index (χ1v) is 10.9. The van der Waals surface area contributed by atoms with Crippen LogP contribution in [0.5, 0.6) is 0 Å². The van der Waals surface area contributed by atoms with Gasteiger partial charge in [0, 0.05) is 11.4 Å². The van der Waals surface area contributed by atoms with E-state index in [1.54, 1.807) is 0 Å². The van der Waals surface area contributed by atoms with Crippen molar-refractivity contribution in [2.24, 2.45) is 0 Å². The van der Waals surface area contributed by atoms with Gasteiger partial charge in [-0.15, -0.1) is 0 Å². The Hall–Kier alpha value is -4.84. The summed E-state index contributed by atoms with van der Waals surface area (Å²) in [6.07, 6.45) is 0. The van der Waals surface area contributed by atoms with Crippen LogP contribution in [0.1, 0.15) is 0 Å². The second kappa shape index (κ2) is 6.83. The Morgan fingerprint density at radius 1 is 0.500 bits per heavy atom. The molecule has 2 aromatic heterocycles. The van der Waals surface area contributed by atoms with Gasteiger partial charge in [-0.2, -0.15) is 0 Å². The molecule has 0 amide bonds. The Bertz CT molecular complexity index is 1700. The van der Waals surface area contributed by atoms with E-state index in [2.05, 4.69) is 24.3 Å². The van der Waals surface area contributed by atoms with Gasteiger partial charge in [-0.25, -0.2) is 9.97 Å². The summed E-state index contributed by atoms with van der Waals surface area (Å²) < 4.78 is 12.4. The number of nitrogen functional groups attached to an aromatic ring is 2. The third-order valence-corrected chi connectivity index (χ3v) is 6.18. The molecule has 0 aliphatic rings. The van der Waals surface area contributed by atoms with Gasteiger partial charge in [0.15, 0.2) is 11.2 Å². The highest BCUT2D eigenvalue weighted by Gasteiger charge is 2.22. The molecule has 0 fully saturated rings. The fourth-order valence-corrected chi connectivity index (χ4v) is 4.69. The van der Waals surface area contributed by atoms with Crippen LogP contribution < -0.4 is 11.5 Å². The minimum absolute atomic E-state index is 0.546. The lowest BCUT2D eigenvalue weighted by Gasteiger charge is -2.13. The summed E-state index contributed by atoms with van der Waals surface area (Å²) >= 11 is 0. The monoisotopic (exact) mass is 442 g/mol. The van der Waals surface area contributed by atoms with Crippen LogP contribution in [0.2, 0.25) is 0 Å². The molecule has 6 nitrogen and oxygen atoms in total. The van der Waals surface area contributed by atoms with Crippen LogP contribution >= 0.6 is 0 Å². The predicted octanol–water partition coefficient (Wildman–Crippen LogP) is 6.77. The Kier molecular flexibility index (Phi) is 3.76. The Morgan fingerprint density at radius 3 is 1.26 bits per heavy atom. The van der Waals surface area contributed by atoms with Gasteiger partial charge in [0.05, 0.1) is 11.1 Å². The summed E-state index contributed by atoms with van der Waals surface area (Å²) in [4.78, 5) is 9.58. The van der Waals surface area contributed by atoms with Crippen LogP contribution in [0.4, 0.5) is 11.4 Å². The lowest BCUT2D eigenvalue weighted by atomic mass is 9.91. The van der Waals surface area contributed by atoms with Crippen LogP contribution in [-0.2, 0) is 0 Å². The topological polar surface area (TPSA) is 104 Å². The lowest BCUT2D eigenvalue weighted by Crippen LogP contribution is -1.90. The molecule has 0 bridgehead atoms. The lowest BCUT2D eigenvalue weighted by molar-refractivity contribution is 0.620. The molecule has 7 rings (SSSR count). The van der Waals surface area contributed by atoms with Crippen molar-refractivity contribution in [1.29, 1.82) is 0 Å². The second-order valence-electron chi connectivity index (χ2n) is 8.33. The molecule has 0 saturated carbocycles. The van der Waals surface area contributed by atoms with Crippen molar-refractivity contribution in [3.8, 4) is 22.9 Å². The van der Waals surface area contributed by atoms with E-state index >= 15 is 0 Å². The third kappa shape index (κ3) is 2.69. The molecule has 7 aromatic rings. The Morgan fingerprint density at radius 2 is 0.882 bits per heavy atom. The zero-order chi connectivity index (χ0) is 22.8. The minimum Gasteiger partial charge on any atom is -0.436 e. The number of anilines is 2. The number of benzene rings is 5. The van der Waals surface area contributed by atoms with E-state index in [1.807, 2.05) is 60.7 Å². The standard InChI is InChI=1S/C28H18N4O2/c29-15-9-11-23-21(13-15)31-27(33-23)25-17-5-1-2-6-18(17)26(20-8-4-3-7-19(20)25)28-32-22-14-16(30)10-12-24(22)34-28/h1-14H,29-30H2. The molecular formula is C28H18N4O2. The molecule has 0 unspecified atom stereocenters. The van der Waals surface area contributed by atoms with Crippen molar-refractivity contribution < 1.29 is 8.83 Å². The van der Waals surface area contributed by atoms with Crippen molar-refractivity contribution in [2.75, 3.05) is 11.5 Å². The molecule has 0 atom stereocenters. The molecular weight excluding hydrogens is 424 g/mol. The highest BCUT2D eigenvalue weighted by atomic mass is 16.4. The second-order valence-corrected chi connectivity index (χ2v) is 8.33. The number of hydrogen-bond acceptors (Lipinski definition) is 6. The molecule has 0 saturated heterocycles. The zero-order valence-corrected chi connectivity index (χ0v) is 17.9. The Labute approximate surface area is 193 Å². The molecule has 34 heavy (non-hydrogen) atoms. The average molecular weight is 442 g/mol. The summed E-state index contributed by atoms with van der Waals surface area (Å²) in [5.41, 5.74) is 17.9. The van der Waals surface area contributed by atoms with E-state index in [1.165, 1.54) is 0 Å². The normalized spacial score (nSPS) is 11.8. The average Bonchev–Trinajstić information content (AvgIpc) is 3.45. The van der Waals surface area contributed by atoms with Gasteiger partial charge in [-0.1, -0.05) is 48.5 Å². The fraction of sp³-hybridized carbons (Fsp3) is 0. The number of oxazole rings is 2. The number of nitrogens with two attached hydrogens (primary N) is 2. The van der Waals surface area contributed by atoms with E-state index in [4.69, 9.17) is 30.3 Å². The maximum atomic E-state index is 6.21. The molecule has 4 N–H and O–H groups in total. The van der Waals surface area contributed by atoms with Gasteiger partial charge in [0.2, 0.25) is 11.8 Å². The summed E-state index contributed by atoms with van der Waals surface area (Å²) in [5.74, 6) is 1.09. The van der Waals surface area contributed by atoms with E-state index in [0.29, 0.717) is 34.3 Å². The van der Waals surface area contributed by atoms with Gasteiger partial charge in [0.25, 0.3) is 0 Å². The molecule has 162 valence electrons. The first kappa shape index (κ1) is 18.7. The van der Waals surface area contributed by atoms with E-state index in [-0.39, 0.29) is 0 Å². The first-order valence-electron chi connectivity index (χ1n) is 10.9. The largest absolute Gasteiger partial charge is 0.436 e. The number of aromatic nitrogens is 2. The van der Waals surface area contributed by atoms with Crippen molar-refractivity contribution in [2.45, 2.75) is 0 Å². The number of rotatable bonds is 2. The van der Waals surface area contributed by atoms with Gasteiger partial charge in [-0.05, 0) is 57.9 Å². The van der Waals surface area contributed by atoms with Gasteiger partial charge in [-0.3, -0.25) is 0 Å². The zero-order valence-electron chi connectivity index (χ0n) is 17.9. The predicted molar refractivity (Wildman–Crippen MR) is 136 cm³/mol. The smallest absolute Gasteiger partial charge is 0.228 e. The summed E-state index contributed by atoms with van der Waals surface area (Å²) in [6.45, 7) is 0. The molecule has 0 spiro atoms. The van der Waals surface area contributed by atoms with E-state index < -0.39 is 0 Å². The maximum Gasteiger partial charge on any atom is 0.228 e. The third-order valence-electron chi connectivity index (χ3n) is 6.18. The highest BCUT2D eigenvalue weighted by molar-refractivity contribution is 6.20. The molecule has 0 radical (unpaired) electrons. The van der Waals surface area contributed by atoms with Gasteiger partial charge >= 0.3 is 0 Å². The molecule has 5 aromatic carbocycles. The van der Waals surface area contributed by atoms with Crippen molar-refractivity contribution in [3.05, 3.63) is 84.9 Å². The first-order chi connectivity index (χ1) is 16.7. The van der Waals surface area contributed by atoms with Crippen LogP contribution in [0.3, 0.4) is 0 Å². The summed E-state index contributed by atoms with van der Waals surface area (Å²) in [5, 5.41) is 3.99.